The van der Waals surface area contributed by atoms with Crippen LogP contribution >= 0.6 is 0 Å². The van der Waals surface area contributed by atoms with Crippen LogP contribution in [0.4, 0.5) is 5.82 Å². The molecule has 0 aliphatic heterocycles. The number of fused-ring (bicyclic) bond motifs is 1. The quantitative estimate of drug-likeness (QED) is 0.570. The summed E-state index contributed by atoms with van der Waals surface area (Å²) in [6, 6.07) is 3.67. The minimum Gasteiger partial charge on any atom is -0.363 e. The van der Waals surface area contributed by atoms with Gasteiger partial charge in [-0.2, -0.15) is 0 Å². The molecule has 84 valence electrons. The van der Waals surface area contributed by atoms with Crippen molar-refractivity contribution in [2.45, 2.75) is 13.8 Å². The van der Waals surface area contributed by atoms with Gasteiger partial charge in [-0.15, -0.1) is 14.8 Å². The molecule has 2 aromatic rings. The summed E-state index contributed by atoms with van der Waals surface area (Å²) in [5.74, 6) is 0.630. The molecular weight excluding hydrogens is 204 g/mol. The summed E-state index contributed by atoms with van der Waals surface area (Å²) >= 11 is 0. The summed E-state index contributed by atoms with van der Waals surface area (Å²) in [7, 11) is 0. The summed E-state index contributed by atoms with van der Waals surface area (Å²) in [4.78, 5) is 10.4. The van der Waals surface area contributed by atoms with Crippen molar-refractivity contribution in [1.82, 2.24) is 24.7 Å². The molecule has 0 aromatic carbocycles. The lowest BCUT2D eigenvalue weighted by Crippen LogP contribution is -2.20. The highest BCUT2D eigenvalue weighted by Gasteiger charge is 1.97. The van der Waals surface area contributed by atoms with E-state index in [1.807, 2.05) is 12.1 Å². The van der Waals surface area contributed by atoms with E-state index in [0.29, 0.717) is 5.82 Å². The molecule has 0 radical (unpaired) electrons. The maximum Gasteiger partial charge on any atom is 0.176 e. The summed E-state index contributed by atoms with van der Waals surface area (Å²) in [6.07, 6.45) is 3.27. The third kappa shape index (κ3) is 2.16. The first kappa shape index (κ1) is 10.5. The van der Waals surface area contributed by atoms with Gasteiger partial charge in [0.05, 0.1) is 6.34 Å². The van der Waals surface area contributed by atoms with E-state index in [2.05, 4.69) is 38.9 Å². The first-order chi connectivity index (χ1) is 7.83. The van der Waals surface area contributed by atoms with Crippen LogP contribution in [0.15, 0.2) is 23.5 Å². The zero-order valence-corrected chi connectivity index (χ0v) is 9.41. The number of aliphatic imine (C=N–C) groups is 1. The van der Waals surface area contributed by atoms with Crippen LogP contribution in [-0.4, -0.2) is 44.1 Å². The maximum absolute atomic E-state index is 4.28. The molecule has 0 fully saturated rings. The zero-order chi connectivity index (χ0) is 11.4. The summed E-state index contributed by atoms with van der Waals surface area (Å²) in [6.45, 7) is 6.05. The fraction of sp³-hybridized carbons (Fsp3) is 0.400. The second-order valence-electron chi connectivity index (χ2n) is 3.26. The van der Waals surface area contributed by atoms with Crippen molar-refractivity contribution in [2.24, 2.45) is 4.99 Å². The van der Waals surface area contributed by atoms with E-state index < -0.39 is 0 Å². The normalized spacial score (nSPS) is 11.4. The molecule has 0 bridgehead atoms. The third-order valence-corrected chi connectivity index (χ3v) is 2.30. The van der Waals surface area contributed by atoms with E-state index in [9.17, 15) is 0 Å². The molecule has 0 saturated heterocycles. The van der Waals surface area contributed by atoms with Crippen molar-refractivity contribution in [2.75, 3.05) is 13.1 Å². The first-order valence-electron chi connectivity index (χ1n) is 5.28. The van der Waals surface area contributed by atoms with Crippen molar-refractivity contribution in [3.8, 4) is 0 Å². The van der Waals surface area contributed by atoms with Crippen LogP contribution < -0.4 is 0 Å². The average Bonchev–Trinajstić information content (AvgIpc) is 2.77. The van der Waals surface area contributed by atoms with Gasteiger partial charge in [0.15, 0.2) is 11.5 Å². The minimum absolute atomic E-state index is 0.630. The number of nitrogens with zero attached hydrogens (tertiary/aromatic N) is 6. The van der Waals surface area contributed by atoms with Crippen LogP contribution in [-0.2, 0) is 0 Å². The highest BCUT2D eigenvalue weighted by molar-refractivity contribution is 5.59. The van der Waals surface area contributed by atoms with Gasteiger partial charge in [0.2, 0.25) is 0 Å². The van der Waals surface area contributed by atoms with Crippen molar-refractivity contribution < 1.29 is 0 Å². The zero-order valence-electron chi connectivity index (χ0n) is 9.41. The molecule has 0 amide bonds. The number of rotatable bonds is 4. The number of aromatic nitrogens is 4. The number of hydrogen-bond acceptors (Lipinski definition) is 4. The Morgan fingerprint density at radius 1 is 1.38 bits per heavy atom. The van der Waals surface area contributed by atoms with Crippen molar-refractivity contribution in [1.29, 1.82) is 0 Å². The van der Waals surface area contributed by atoms with Crippen LogP contribution in [0, 0.1) is 0 Å². The van der Waals surface area contributed by atoms with E-state index in [4.69, 9.17) is 0 Å². The van der Waals surface area contributed by atoms with E-state index in [1.54, 1.807) is 6.34 Å². The van der Waals surface area contributed by atoms with Crippen LogP contribution in [0.2, 0.25) is 0 Å². The fourth-order valence-corrected chi connectivity index (χ4v) is 1.31. The minimum atomic E-state index is 0.630. The monoisotopic (exact) mass is 218 g/mol. The molecule has 0 N–H and O–H groups in total. The summed E-state index contributed by atoms with van der Waals surface area (Å²) in [5.41, 5.74) is 0.724. The van der Waals surface area contributed by atoms with Gasteiger partial charge in [-0.05, 0) is 26.0 Å². The SMILES string of the molecule is CCN(C=Nc1ccc2ncnn2n1)CC. The van der Waals surface area contributed by atoms with Gasteiger partial charge in [-0.25, -0.2) is 9.98 Å². The van der Waals surface area contributed by atoms with E-state index >= 15 is 0 Å². The molecule has 2 rings (SSSR count). The fourth-order valence-electron chi connectivity index (χ4n) is 1.31. The molecule has 0 spiro atoms. The Kier molecular flexibility index (Phi) is 3.09. The van der Waals surface area contributed by atoms with Gasteiger partial charge in [-0.1, -0.05) is 0 Å². The van der Waals surface area contributed by atoms with Crippen LogP contribution in [0.25, 0.3) is 5.65 Å². The van der Waals surface area contributed by atoms with Gasteiger partial charge >= 0.3 is 0 Å². The van der Waals surface area contributed by atoms with Crippen LogP contribution in [0.5, 0.6) is 0 Å². The Morgan fingerprint density at radius 3 is 2.94 bits per heavy atom. The number of hydrogen-bond donors (Lipinski definition) is 0. The van der Waals surface area contributed by atoms with E-state index in [0.717, 1.165) is 18.7 Å². The average molecular weight is 218 g/mol. The molecule has 0 unspecified atom stereocenters. The molecular formula is C10H14N6. The first-order valence-corrected chi connectivity index (χ1v) is 5.28. The maximum atomic E-state index is 4.28. The lowest BCUT2D eigenvalue weighted by Gasteiger charge is -2.12. The molecule has 0 aliphatic carbocycles. The van der Waals surface area contributed by atoms with Gasteiger partial charge in [0.25, 0.3) is 0 Å². The standard InChI is InChI=1S/C10H14N6/c1-3-15(4-2)8-12-9-5-6-10-11-7-13-16(10)14-9/h5-8H,3-4H2,1-2H3. The molecule has 0 atom stereocenters. The Hall–Kier alpha value is -1.98. The van der Waals surface area contributed by atoms with Crippen molar-refractivity contribution in [3.63, 3.8) is 0 Å². The van der Waals surface area contributed by atoms with Crippen molar-refractivity contribution >= 4 is 17.8 Å². The molecule has 2 aromatic heterocycles. The highest BCUT2D eigenvalue weighted by atomic mass is 15.4. The predicted octanol–water partition coefficient (Wildman–Crippen LogP) is 1.13. The predicted molar refractivity (Wildman–Crippen MR) is 61.9 cm³/mol. The second kappa shape index (κ2) is 4.69. The smallest absolute Gasteiger partial charge is 0.176 e. The molecule has 16 heavy (non-hydrogen) atoms. The lowest BCUT2D eigenvalue weighted by molar-refractivity contribution is 0.479. The lowest BCUT2D eigenvalue weighted by atomic mass is 10.5. The molecule has 6 nitrogen and oxygen atoms in total. The molecule has 2 heterocycles. The Balaban J connectivity index is 2.20. The van der Waals surface area contributed by atoms with E-state index in [-0.39, 0.29) is 0 Å². The van der Waals surface area contributed by atoms with E-state index in [1.165, 1.54) is 11.0 Å². The summed E-state index contributed by atoms with van der Waals surface area (Å²) < 4.78 is 1.47. The Morgan fingerprint density at radius 2 is 2.19 bits per heavy atom. The Labute approximate surface area is 93.6 Å². The molecule has 0 aliphatic rings. The van der Waals surface area contributed by atoms with Gasteiger partial charge in [-0.3, -0.25) is 0 Å². The van der Waals surface area contributed by atoms with Gasteiger partial charge < -0.3 is 4.90 Å². The third-order valence-electron chi connectivity index (χ3n) is 2.30. The Bertz CT molecular complexity index is 485. The molecule has 6 heteroatoms. The summed E-state index contributed by atoms with van der Waals surface area (Å²) in [5, 5.41) is 8.15. The van der Waals surface area contributed by atoms with Crippen LogP contribution in [0.1, 0.15) is 13.8 Å². The van der Waals surface area contributed by atoms with Gasteiger partial charge in [0, 0.05) is 13.1 Å². The molecule has 0 saturated carbocycles. The van der Waals surface area contributed by atoms with Crippen LogP contribution in [0.3, 0.4) is 0 Å². The second-order valence-corrected chi connectivity index (χ2v) is 3.26. The topological polar surface area (TPSA) is 58.7 Å². The largest absolute Gasteiger partial charge is 0.363 e. The van der Waals surface area contributed by atoms with Crippen molar-refractivity contribution in [3.05, 3.63) is 18.5 Å². The van der Waals surface area contributed by atoms with Gasteiger partial charge in [0.1, 0.15) is 6.33 Å². The highest BCUT2D eigenvalue weighted by Crippen LogP contribution is 2.06.